The van der Waals surface area contributed by atoms with Gasteiger partial charge < -0.3 is 15.0 Å². The van der Waals surface area contributed by atoms with Gasteiger partial charge in [0, 0.05) is 13.2 Å². The van der Waals surface area contributed by atoms with E-state index in [9.17, 15) is 4.79 Å². The van der Waals surface area contributed by atoms with Gasteiger partial charge in [-0.25, -0.2) is 0 Å². The molecular weight excluding hydrogens is 344 g/mol. The van der Waals surface area contributed by atoms with E-state index in [-0.39, 0.29) is 5.91 Å². The fourth-order valence-electron chi connectivity index (χ4n) is 3.51. The topological polar surface area (TPSA) is 42.8 Å². The van der Waals surface area contributed by atoms with Gasteiger partial charge in [0.05, 0.1) is 4.88 Å². The average Bonchev–Trinajstić information content (AvgIpc) is 3.30. The standard InChI is InChI=1S/C21H28N2O2S/c1-17-6-2-3-7-18(17)10-11-22-21(24)16-23(14-19-8-4-12-25-19)15-20-9-5-13-26-20/h2-3,5-7,9,13,19H,4,8,10-12,14-16H2,1H3,(H,22,24)/p+1/t19-/m1/s1. The molecule has 1 amide bonds. The van der Waals surface area contributed by atoms with Crippen molar-refractivity contribution in [3.05, 3.63) is 57.8 Å². The second-order valence-corrected chi connectivity index (χ2v) is 8.08. The Bertz CT molecular complexity index is 681. The lowest BCUT2D eigenvalue weighted by atomic mass is 10.1. The summed E-state index contributed by atoms with van der Waals surface area (Å²) in [5, 5.41) is 5.19. The number of nitrogens with one attached hydrogen (secondary N) is 2. The summed E-state index contributed by atoms with van der Waals surface area (Å²) in [6.07, 6.45) is 3.43. The SMILES string of the molecule is Cc1ccccc1CCNC(=O)C[NH+](Cc1cccs1)C[C@H]1CCCO1. The first kappa shape index (κ1) is 19.1. The third kappa shape index (κ3) is 5.94. The molecule has 1 aromatic carbocycles. The number of rotatable bonds is 9. The Kier molecular flexibility index (Phi) is 7.23. The Hall–Kier alpha value is -1.69. The van der Waals surface area contributed by atoms with Gasteiger partial charge in [-0.3, -0.25) is 4.79 Å². The molecule has 26 heavy (non-hydrogen) atoms. The average molecular weight is 374 g/mol. The van der Waals surface area contributed by atoms with Crippen LogP contribution in [0.5, 0.6) is 0 Å². The third-order valence-corrected chi connectivity index (χ3v) is 5.81. The van der Waals surface area contributed by atoms with Crippen molar-refractivity contribution in [2.24, 2.45) is 0 Å². The van der Waals surface area contributed by atoms with E-state index >= 15 is 0 Å². The van der Waals surface area contributed by atoms with Crippen LogP contribution in [-0.4, -0.2) is 38.3 Å². The highest BCUT2D eigenvalue weighted by molar-refractivity contribution is 7.09. The predicted molar refractivity (Wildman–Crippen MR) is 106 cm³/mol. The number of benzene rings is 1. The van der Waals surface area contributed by atoms with Crippen molar-refractivity contribution in [3.8, 4) is 0 Å². The molecule has 2 aromatic rings. The smallest absolute Gasteiger partial charge is 0.275 e. The molecule has 140 valence electrons. The summed E-state index contributed by atoms with van der Waals surface area (Å²) in [7, 11) is 0. The summed E-state index contributed by atoms with van der Waals surface area (Å²) in [6.45, 7) is 5.97. The van der Waals surface area contributed by atoms with E-state index in [1.54, 1.807) is 11.3 Å². The van der Waals surface area contributed by atoms with Gasteiger partial charge in [0.2, 0.25) is 0 Å². The molecule has 1 unspecified atom stereocenters. The highest BCUT2D eigenvalue weighted by Crippen LogP contribution is 2.11. The number of amides is 1. The highest BCUT2D eigenvalue weighted by atomic mass is 32.1. The van der Waals surface area contributed by atoms with Crippen molar-refractivity contribution in [1.29, 1.82) is 0 Å². The molecule has 4 nitrogen and oxygen atoms in total. The van der Waals surface area contributed by atoms with Gasteiger partial charge in [0.25, 0.3) is 5.91 Å². The minimum atomic E-state index is 0.128. The minimum Gasteiger partial charge on any atom is -0.372 e. The zero-order valence-corrected chi connectivity index (χ0v) is 16.3. The van der Waals surface area contributed by atoms with Gasteiger partial charge in [-0.15, -0.1) is 11.3 Å². The normalized spacial score (nSPS) is 18.0. The van der Waals surface area contributed by atoms with Crippen LogP contribution in [0, 0.1) is 6.92 Å². The summed E-state index contributed by atoms with van der Waals surface area (Å²) in [6, 6.07) is 12.6. The van der Waals surface area contributed by atoms with Crippen molar-refractivity contribution < 1.29 is 14.4 Å². The Morgan fingerprint density at radius 3 is 2.92 bits per heavy atom. The van der Waals surface area contributed by atoms with E-state index in [0.717, 1.165) is 39.0 Å². The molecule has 1 saturated heterocycles. The lowest BCUT2D eigenvalue weighted by Gasteiger charge is -2.21. The first-order valence-electron chi connectivity index (χ1n) is 9.49. The number of carbonyl (C=O) groups is 1. The summed E-state index contributed by atoms with van der Waals surface area (Å²) < 4.78 is 5.79. The van der Waals surface area contributed by atoms with Crippen molar-refractivity contribution >= 4 is 17.2 Å². The van der Waals surface area contributed by atoms with E-state index in [1.807, 2.05) is 6.07 Å². The lowest BCUT2D eigenvalue weighted by Crippen LogP contribution is -3.13. The molecule has 0 bridgehead atoms. The fraction of sp³-hybridized carbons (Fsp3) is 0.476. The van der Waals surface area contributed by atoms with E-state index in [4.69, 9.17) is 4.74 Å². The molecule has 2 N–H and O–H groups in total. The van der Waals surface area contributed by atoms with Crippen LogP contribution in [0.3, 0.4) is 0 Å². The molecule has 0 aliphatic carbocycles. The molecule has 0 saturated carbocycles. The lowest BCUT2D eigenvalue weighted by molar-refractivity contribution is -0.908. The van der Waals surface area contributed by atoms with Crippen LogP contribution in [0.1, 0.15) is 28.8 Å². The number of quaternary nitrogens is 1. The molecule has 3 rings (SSSR count). The molecule has 1 aliphatic heterocycles. The summed E-state index contributed by atoms with van der Waals surface area (Å²) in [5.41, 5.74) is 2.58. The van der Waals surface area contributed by atoms with Gasteiger partial charge in [0.1, 0.15) is 19.2 Å². The molecule has 1 aliphatic rings. The number of thiophene rings is 1. The van der Waals surface area contributed by atoms with E-state index in [1.165, 1.54) is 20.9 Å². The van der Waals surface area contributed by atoms with Crippen LogP contribution < -0.4 is 10.2 Å². The maximum atomic E-state index is 12.5. The molecule has 0 spiro atoms. The number of hydrogen-bond acceptors (Lipinski definition) is 3. The monoisotopic (exact) mass is 373 g/mol. The molecule has 1 aromatic heterocycles. The maximum absolute atomic E-state index is 12.5. The minimum absolute atomic E-state index is 0.128. The van der Waals surface area contributed by atoms with Crippen molar-refractivity contribution in [3.63, 3.8) is 0 Å². The van der Waals surface area contributed by atoms with E-state index in [2.05, 4.69) is 48.0 Å². The van der Waals surface area contributed by atoms with Crippen LogP contribution in [-0.2, 0) is 22.5 Å². The maximum Gasteiger partial charge on any atom is 0.275 e. The number of aryl methyl sites for hydroxylation is 1. The van der Waals surface area contributed by atoms with Gasteiger partial charge in [-0.1, -0.05) is 30.3 Å². The van der Waals surface area contributed by atoms with Crippen LogP contribution >= 0.6 is 11.3 Å². The number of hydrogen-bond donors (Lipinski definition) is 2. The molecule has 1 fully saturated rings. The predicted octanol–water partition coefficient (Wildman–Crippen LogP) is 1.98. The van der Waals surface area contributed by atoms with E-state index < -0.39 is 0 Å². The largest absolute Gasteiger partial charge is 0.372 e. The zero-order valence-electron chi connectivity index (χ0n) is 15.5. The van der Waals surface area contributed by atoms with Gasteiger partial charge in [-0.2, -0.15) is 0 Å². The fourth-order valence-corrected chi connectivity index (χ4v) is 4.29. The molecular formula is C21H29N2O2S+. The summed E-state index contributed by atoms with van der Waals surface area (Å²) >= 11 is 1.76. The third-order valence-electron chi connectivity index (χ3n) is 4.93. The second-order valence-electron chi connectivity index (χ2n) is 7.05. The van der Waals surface area contributed by atoms with Crippen molar-refractivity contribution in [1.82, 2.24) is 5.32 Å². The Balaban J connectivity index is 1.48. The van der Waals surface area contributed by atoms with E-state index in [0.29, 0.717) is 19.2 Å². The number of ether oxygens (including phenoxy) is 1. The van der Waals surface area contributed by atoms with Gasteiger partial charge in [0.15, 0.2) is 6.54 Å². The summed E-state index contributed by atoms with van der Waals surface area (Å²) in [5.74, 6) is 0.128. The zero-order chi connectivity index (χ0) is 18.2. The van der Waals surface area contributed by atoms with Crippen LogP contribution in [0.2, 0.25) is 0 Å². The van der Waals surface area contributed by atoms with Crippen molar-refractivity contribution in [2.75, 3.05) is 26.2 Å². The first-order valence-corrected chi connectivity index (χ1v) is 10.4. The molecule has 5 heteroatoms. The number of carbonyl (C=O) groups excluding carboxylic acids is 1. The Labute approximate surface area is 160 Å². The Morgan fingerprint density at radius 1 is 1.31 bits per heavy atom. The molecule has 2 heterocycles. The van der Waals surface area contributed by atoms with Crippen molar-refractivity contribution in [2.45, 2.75) is 38.8 Å². The van der Waals surface area contributed by atoms with Crippen LogP contribution in [0.15, 0.2) is 41.8 Å². The first-order chi connectivity index (χ1) is 12.7. The highest BCUT2D eigenvalue weighted by Gasteiger charge is 2.24. The van der Waals surface area contributed by atoms with Gasteiger partial charge >= 0.3 is 0 Å². The second kappa shape index (κ2) is 9.86. The molecule has 0 radical (unpaired) electrons. The Morgan fingerprint density at radius 2 is 2.19 bits per heavy atom. The van der Waals surface area contributed by atoms with Crippen LogP contribution in [0.4, 0.5) is 0 Å². The van der Waals surface area contributed by atoms with Gasteiger partial charge in [-0.05, 0) is 48.8 Å². The quantitative estimate of drug-likeness (QED) is 0.706. The molecule has 2 atom stereocenters. The van der Waals surface area contributed by atoms with Crippen LogP contribution in [0.25, 0.3) is 0 Å². The summed E-state index contributed by atoms with van der Waals surface area (Å²) in [4.78, 5) is 15.1.